The Hall–Kier alpha value is -2.63. The topological polar surface area (TPSA) is 82.3 Å². The summed E-state index contributed by atoms with van der Waals surface area (Å²) in [5, 5.41) is 3.06. The Morgan fingerprint density at radius 1 is 1.33 bits per heavy atom. The Morgan fingerprint density at radius 2 is 2.14 bits per heavy atom. The molecule has 1 aliphatic rings. The van der Waals surface area contributed by atoms with Crippen LogP contribution in [0, 0.1) is 0 Å². The van der Waals surface area contributed by atoms with Crippen molar-refractivity contribution in [3.8, 4) is 0 Å². The van der Waals surface area contributed by atoms with E-state index in [0.717, 1.165) is 10.9 Å². The van der Waals surface area contributed by atoms with Gasteiger partial charge >= 0.3 is 0 Å². The Morgan fingerprint density at radius 3 is 2.90 bits per heavy atom. The van der Waals surface area contributed by atoms with E-state index < -0.39 is 17.9 Å². The minimum absolute atomic E-state index is 0.0934. The van der Waals surface area contributed by atoms with Gasteiger partial charge in [0.1, 0.15) is 12.6 Å². The fourth-order valence-corrected chi connectivity index (χ4v) is 2.71. The van der Waals surface area contributed by atoms with Crippen LogP contribution in [0.1, 0.15) is 23.7 Å². The fourth-order valence-electron chi connectivity index (χ4n) is 2.71. The molecule has 1 aromatic heterocycles. The summed E-state index contributed by atoms with van der Waals surface area (Å²) in [5.41, 5.74) is 1.34. The van der Waals surface area contributed by atoms with Crippen LogP contribution >= 0.6 is 0 Å². The maximum Gasteiger partial charge on any atom is 0.255 e. The summed E-state index contributed by atoms with van der Waals surface area (Å²) < 4.78 is 0. The molecule has 3 amide bonds. The second-order valence-corrected chi connectivity index (χ2v) is 5.01. The van der Waals surface area contributed by atoms with Gasteiger partial charge in [-0.3, -0.25) is 19.7 Å². The van der Waals surface area contributed by atoms with Crippen LogP contribution in [0.4, 0.5) is 0 Å². The molecule has 6 nitrogen and oxygen atoms in total. The largest absolute Gasteiger partial charge is 0.361 e. The van der Waals surface area contributed by atoms with E-state index in [-0.39, 0.29) is 12.5 Å². The molecule has 0 radical (unpaired) electrons. The summed E-state index contributed by atoms with van der Waals surface area (Å²) in [5.74, 6) is -1.15. The zero-order valence-corrected chi connectivity index (χ0v) is 11.6. The second-order valence-electron chi connectivity index (χ2n) is 5.01. The monoisotopic (exact) mass is 285 g/mol. The standard InChI is InChI=1S/C15H15N3O3/c1-2-12-14(20)17-13(19)8-18(12)15(21)10-4-3-5-11-9(10)6-7-16-11/h3-7,12,16H,2,8H2,1H3,(H,17,19,20). The van der Waals surface area contributed by atoms with Crippen molar-refractivity contribution >= 4 is 28.6 Å². The van der Waals surface area contributed by atoms with E-state index in [1.165, 1.54) is 4.90 Å². The third-order valence-corrected chi connectivity index (χ3v) is 3.73. The first-order valence-electron chi connectivity index (χ1n) is 6.82. The van der Waals surface area contributed by atoms with Gasteiger partial charge in [0.2, 0.25) is 11.8 Å². The Kier molecular flexibility index (Phi) is 3.21. The molecule has 3 rings (SSSR count). The Bertz CT molecular complexity index is 735. The zero-order chi connectivity index (χ0) is 15.0. The van der Waals surface area contributed by atoms with E-state index in [2.05, 4.69) is 10.3 Å². The minimum Gasteiger partial charge on any atom is -0.361 e. The van der Waals surface area contributed by atoms with Gasteiger partial charge in [-0.25, -0.2) is 0 Å². The van der Waals surface area contributed by atoms with E-state index in [1.807, 2.05) is 19.1 Å². The third kappa shape index (κ3) is 2.18. The number of carbonyl (C=O) groups is 3. The number of nitrogens with one attached hydrogen (secondary N) is 2. The highest BCUT2D eigenvalue weighted by Gasteiger charge is 2.36. The first-order chi connectivity index (χ1) is 10.1. The summed E-state index contributed by atoms with van der Waals surface area (Å²) in [7, 11) is 0. The van der Waals surface area contributed by atoms with Crippen molar-refractivity contribution in [2.75, 3.05) is 6.54 Å². The number of carbonyl (C=O) groups excluding carboxylic acids is 3. The number of hydrogen-bond acceptors (Lipinski definition) is 3. The summed E-state index contributed by atoms with van der Waals surface area (Å²) in [4.78, 5) is 40.6. The van der Waals surface area contributed by atoms with Gasteiger partial charge in [0.05, 0.1) is 0 Å². The summed E-state index contributed by atoms with van der Waals surface area (Å²) in [6.45, 7) is 1.72. The summed E-state index contributed by atoms with van der Waals surface area (Å²) in [6.07, 6.45) is 2.22. The van der Waals surface area contributed by atoms with Crippen LogP contribution in [-0.4, -0.2) is 40.2 Å². The van der Waals surface area contributed by atoms with Crippen molar-refractivity contribution in [3.05, 3.63) is 36.0 Å². The van der Waals surface area contributed by atoms with Crippen molar-refractivity contribution in [2.24, 2.45) is 0 Å². The molecule has 0 spiro atoms. The smallest absolute Gasteiger partial charge is 0.255 e. The van der Waals surface area contributed by atoms with Gasteiger partial charge < -0.3 is 9.88 Å². The number of aromatic nitrogens is 1. The molecule has 0 bridgehead atoms. The van der Waals surface area contributed by atoms with Crippen LogP contribution < -0.4 is 5.32 Å². The van der Waals surface area contributed by atoms with Gasteiger partial charge in [-0.1, -0.05) is 13.0 Å². The number of rotatable bonds is 2. The molecule has 6 heteroatoms. The molecule has 1 aromatic carbocycles. The van der Waals surface area contributed by atoms with Crippen LogP contribution in [0.25, 0.3) is 10.9 Å². The predicted molar refractivity (Wildman–Crippen MR) is 76.6 cm³/mol. The molecule has 2 aromatic rings. The summed E-state index contributed by atoms with van der Waals surface area (Å²) in [6, 6.07) is 6.57. The van der Waals surface area contributed by atoms with E-state index >= 15 is 0 Å². The number of imide groups is 1. The number of piperazine rings is 1. The molecule has 0 aliphatic carbocycles. The number of nitrogens with zero attached hydrogens (tertiary/aromatic N) is 1. The van der Waals surface area contributed by atoms with Crippen molar-refractivity contribution in [1.29, 1.82) is 0 Å². The zero-order valence-electron chi connectivity index (χ0n) is 11.6. The molecule has 21 heavy (non-hydrogen) atoms. The van der Waals surface area contributed by atoms with E-state index in [1.54, 1.807) is 18.3 Å². The number of benzene rings is 1. The third-order valence-electron chi connectivity index (χ3n) is 3.73. The number of H-pyrrole nitrogens is 1. The Balaban J connectivity index is 2.02. The molecule has 0 saturated carbocycles. The van der Waals surface area contributed by atoms with Crippen molar-refractivity contribution < 1.29 is 14.4 Å². The lowest BCUT2D eigenvalue weighted by Gasteiger charge is -2.33. The average Bonchev–Trinajstić information content (AvgIpc) is 2.94. The second kappa shape index (κ2) is 5.05. The fraction of sp³-hybridized carbons (Fsp3) is 0.267. The highest BCUT2D eigenvalue weighted by Crippen LogP contribution is 2.21. The first kappa shape index (κ1) is 13.4. The number of aromatic amines is 1. The van der Waals surface area contributed by atoms with Crippen molar-refractivity contribution in [3.63, 3.8) is 0 Å². The van der Waals surface area contributed by atoms with Gasteiger partial charge in [0.25, 0.3) is 5.91 Å². The highest BCUT2D eigenvalue weighted by atomic mass is 16.2. The quantitative estimate of drug-likeness (QED) is 0.809. The molecule has 1 saturated heterocycles. The lowest BCUT2D eigenvalue weighted by atomic mass is 10.0. The maximum absolute atomic E-state index is 12.8. The molecular weight excluding hydrogens is 270 g/mol. The van der Waals surface area contributed by atoms with Crippen LogP contribution in [0.2, 0.25) is 0 Å². The molecule has 1 atom stereocenters. The van der Waals surface area contributed by atoms with E-state index in [9.17, 15) is 14.4 Å². The normalized spacial score (nSPS) is 18.9. The number of hydrogen-bond donors (Lipinski definition) is 2. The van der Waals surface area contributed by atoms with Gasteiger partial charge in [0, 0.05) is 22.7 Å². The van der Waals surface area contributed by atoms with Crippen LogP contribution in [0.5, 0.6) is 0 Å². The molecule has 1 aliphatic heterocycles. The molecule has 108 valence electrons. The summed E-state index contributed by atoms with van der Waals surface area (Å²) >= 11 is 0. The van der Waals surface area contributed by atoms with Gasteiger partial charge in [-0.05, 0) is 24.6 Å². The lowest BCUT2D eigenvalue weighted by Crippen LogP contribution is -2.59. The number of fused-ring (bicyclic) bond motifs is 1. The first-order valence-corrected chi connectivity index (χ1v) is 6.82. The minimum atomic E-state index is -0.607. The van der Waals surface area contributed by atoms with Gasteiger partial charge in [-0.2, -0.15) is 0 Å². The van der Waals surface area contributed by atoms with Crippen molar-refractivity contribution in [1.82, 2.24) is 15.2 Å². The average molecular weight is 285 g/mol. The van der Waals surface area contributed by atoms with Crippen LogP contribution in [0.3, 0.4) is 0 Å². The molecule has 1 unspecified atom stereocenters. The number of amides is 3. The predicted octanol–water partition coefficient (Wildman–Crippen LogP) is 1.05. The molecule has 1 fully saturated rings. The van der Waals surface area contributed by atoms with Gasteiger partial charge in [-0.15, -0.1) is 0 Å². The van der Waals surface area contributed by atoms with Gasteiger partial charge in [0.15, 0.2) is 0 Å². The van der Waals surface area contributed by atoms with Crippen LogP contribution in [-0.2, 0) is 9.59 Å². The molecule has 2 heterocycles. The Labute approximate surface area is 121 Å². The SMILES string of the molecule is CCC1C(=O)NC(=O)CN1C(=O)c1cccc2[nH]ccc12. The van der Waals surface area contributed by atoms with E-state index in [4.69, 9.17) is 0 Å². The molecular formula is C15H15N3O3. The maximum atomic E-state index is 12.8. The highest BCUT2D eigenvalue weighted by molar-refractivity contribution is 6.11. The molecule has 2 N–H and O–H groups in total. The van der Waals surface area contributed by atoms with Crippen molar-refractivity contribution in [2.45, 2.75) is 19.4 Å². The lowest BCUT2D eigenvalue weighted by molar-refractivity contribution is -0.138. The van der Waals surface area contributed by atoms with E-state index in [0.29, 0.717) is 12.0 Å². The van der Waals surface area contributed by atoms with Crippen LogP contribution in [0.15, 0.2) is 30.5 Å².